The van der Waals surface area contributed by atoms with Crippen molar-refractivity contribution in [2.45, 2.75) is 0 Å². The standard InChI is InChI=1S/C11H13ClN2O4/c1-14(16-2)11(15)6-5-7(12)8(13)10-9(6)17-3-4-18-10/h5H,3-4,13H2,1-2H3. The topological polar surface area (TPSA) is 74.0 Å². The van der Waals surface area contributed by atoms with Gasteiger partial charge in [0.25, 0.3) is 5.91 Å². The summed E-state index contributed by atoms with van der Waals surface area (Å²) in [5.41, 5.74) is 6.31. The Morgan fingerprint density at radius 3 is 2.67 bits per heavy atom. The predicted molar refractivity (Wildman–Crippen MR) is 66.0 cm³/mol. The minimum Gasteiger partial charge on any atom is -0.485 e. The van der Waals surface area contributed by atoms with Crippen molar-refractivity contribution in [1.29, 1.82) is 0 Å². The van der Waals surface area contributed by atoms with Gasteiger partial charge in [0.05, 0.1) is 23.4 Å². The molecule has 6 nitrogen and oxygen atoms in total. The number of carbonyl (C=O) groups is 1. The number of amides is 1. The average molecular weight is 273 g/mol. The van der Waals surface area contributed by atoms with E-state index < -0.39 is 0 Å². The summed E-state index contributed by atoms with van der Waals surface area (Å²) in [5, 5.41) is 1.31. The molecule has 0 bridgehead atoms. The van der Waals surface area contributed by atoms with Crippen LogP contribution in [0, 0.1) is 0 Å². The quantitative estimate of drug-likeness (QED) is 0.649. The Bertz CT molecular complexity index is 492. The van der Waals surface area contributed by atoms with Crippen LogP contribution in [0.4, 0.5) is 5.69 Å². The van der Waals surface area contributed by atoms with Gasteiger partial charge < -0.3 is 15.2 Å². The van der Waals surface area contributed by atoms with E-state index in [1.807, 2.05) is 0 Å². The zero-order valence-electron chi connectivity index (χ0n) is 10.0. The lowest BCUT2D eigenvalue weighted by Gasteiger charge is -2.24. The van der Waals surface area contributed by atoms with E-state index in [4.69, 9.17) is 31.6 Å². The van der Waals surface area contributed by atoms with E-state index in [2.05, 4.69) is 0 Å². The number of rotatable bonds is 2. The van der Waals surface area contributed by atoms with E-state index in [0.717, 1.165) is 5.06 Å². The number of fused-ring (bicyclic) bond motifs is 1. The van der Waals surface area contributed by atoms with Crippen LogP contribution in [0.15, 0.2) is 6.07 Å². The highest BCUT2D eigenvalue weighted by Crippen LogP contribution is 2.43. The van der Waals surface area contributed by atoms with Gasteiger partial charge in [-0.05, 0) is 6.07 Å². The molecule has 0 atom stereocenters. The Labute approximate surface area is 109 Å². The van der Waals surface area contributed by atoms with E-state index >= 15 is 0 Å². The fourth-order valence-electron chi connectivity index (χ4n) is 1.61. The maximum Gasteiger partial charge on any atom is 0.281 e. The summed E-state index contributed by atoms with van der Waals surface area (Å²) in [5.74, 6) is 0.222. The number of nitrogen functional groups attached to an aromatic ring is 1. The lowest BCUT2D eigenvalue weighted by molar-refractivity contribution is -0.0759. The zero-order chi connectivity index (χ0) is 13.3. The average Bonchev–Trinajstić information content (AvgIpc) is 2.41. The van der Waals surface area contributed by atoms with Crippen molar-refractivity contribution in [1.82, 2.24) is 5.06 Å². The van der Waals surface area contributed by atoms with Gasteiger partial charge >= 0.3 is 0 Å². The number of benzene rings is 1. The lowest BCUT2D eigenvalue weighted by atomic mass is 10.1. The summed E-state index contributed by atoms with van der Waals surface area (Å²) in [7, 11) is 2.88. The first-order valence-corrected chi connectivity index (χ1v) is 5.63. The molecule has 0 saturated heterocycles. The van der Waals surface area contributed by atoms with Gasteiger partial charge in [0.2, 0.25) is 0 Å². The van der Waals surface area contributed by atoms with Crippen molar-refractivity contribution in [3.05, 3.63) is 16.7 Å². The van der Waals surface area contributed by atoms with Crippen LogP contribution in [-0.4, -0.2) is 38.3 Å². The van der Waals surface area contributed by atoms with Gasteiger partial charge in [-0.25, -0.2) is 5.06 Å². The Hall–Kier alpha value is -1.66. The van der Waals surface area contributed by atoms with Crippen LogP contribution < -0.4 is 15.2 Å². The number of nitrogens with two attached hydrogens (primary N) is 1. The fraction of sp³-hybridized carbons (Fsp3) is 0.364. The summed E-state index contributed by atoms with van der Waals surface area (Å²) in [4.78, 5) is 16.9. The molecular formula is C11H13ClN2O4. The van der Waals surface area contributed by atoms with Crippen molar-refractivity contribution in [3.8, 4) is 11.5 Å². The molecule has 7 heteroatoms. The minimum absolute atomic E-state index is 0.243. The van der Waals surface area contributed by atoms with Crippen LogP contribution in [0.25, 0.3) is 0 Å². The number of hydroxylamine groups is 2. The monoisotopic (exact) mass is 272 g/mol. The van der Waals surface area contributed by atoms with Crippen LogP contribution in [0.1, 0.15) is 10.4 Å². The highest BCUT2D eigenvalue weighted by Gasteiger charge is 2.27. The number of hydrogen-bond donors (Lipinski definition) is 1. The van der Waals surface area contributed by atoms with E-state index in [0.29, 0.717) is 24.7 Å². The predicted octanol–water partition coefficient (Wildman–Crippen LogP) is 1.33. The molecule has 0 radical (unpaired) electrons. The van der Waals surface area contributed by atoms with Gasteiger partial charge in [0.1, 0.15) is 13.2 Å². The molecule has 1 aliphatic rings. The van der Waals surface area contributed by atoms with Crippen LogP contribution in [0.3, 0.4) is 0 Å². The SMILES string of the molecule is CON(C)C(=O)c1cc(Cl)c(N)c2c1OCCO2. The van der Waals surface area contributed by atoms with Crippen LogP contribution in [0.5, 0.6) is 11.5 Å². The van der Waals surface area contributed by atoms with Crippen LogP contribution >= 0.6 is 11.6 Å². The number of hydrogen-bond acceptors (Lipinski definition) is 5. The van der Waals surface area contributed by atoms with E-state index in [1.54, 1.807) is 0 Å². The second-order valence-electron chi connectivity index (χ2n) is 3.66. The lowest BCUT2D eigenvalue weighted by Crippen LogP contribution is -2.27. The molecule has 1 aromatic carbocycles. The number of anilines is 1. The van der Waals surface area contributed by atoms with Crippen LogP contribution in [-0.2, 0) is 4.84 Å². The number of halogens is 1. The van der Waals surface area contributed by atoms with Gasteiger partial charge in [-0.3, -0.25) is 9.63 Å². The molecule has 0 unspecified atom stereocenters. The molecule has 0 spiro atoms. The Morgan fingerprint density at radius 2 is 2.06 bits per heavy atom. The second-order valence-corrected chi connectivity index (χ2v) is 4.07. The first-order valence-electron chi connectivity index (χ1n) is 5.26. The molecule has 0 aliphatic carbocycles. The summed E-state index contributed by atoms with van der Waals surface area (Å²) in [6.07, 6.45) is 0. The molecule has 2 N–H and O–H groups in total. The summed E-state index contributed by atoms with van der Waals surface area (Å²) >= 11 is 5.97. The first-order chi connectivity index (χ1) is 8.56. The van der Waals surface area contributed by atoms with Gasteiger partial charge in [0.15, 0.2) is 11.5 Å². The molecule has 0 fully saturated rings. The van der Waals surface area contributed by atoms with Gasteiger partial charge in [-0.15, -0.1) is 0 Å². The molecule has 18 heavy (non-hydrogen) atoms. The van der Waals surface area contributed by atoms with Crippen molar-refractivity contribution in [3.63, 3.8) is 0 Å². The van der Waals surface area contributed by atoms with Crippen molar-refractivity contribution in [2.24, 2.45) is 0 Å². The first kappa shape index (κ1) is 12.8. The third kappa shape index (κ3) is 2.04. The summed E-state index contributed by atoms with van der Waals surface area (Å²) < 4.78 is 10.8. The number of nitrogens with zero attached hydrogens (tertiary/aromatic N) is 1. The molecule has 0 saturated carbocycles. The molecular weight excluding hydrogens is 260 g/mol. The Morgan fingerprint density at radius 1 is 1.44 bits per heavy atom. The van der Waals surface area contributed by atoms with Crippen LogP contribution in [0.2, 0.25) is 5.02 Å². The van der Waals surface area contributed by atoms with E-state index in [1.165, 1.54) is 20.2 Å². The molecule has 1 aliphatic heterocycles. The molecule has 98 valence electrons. The smallest absolute Gasteiger partial charge is 0.281 e. The fourth-order valence-corrected chi connectivity index (χ4v) is 1.80. The summed E-state index contributed by atoms with van der Waals surface area (Å²) in [6, 6.07) is 1.45. The Kier molecular flexibility index (Phi) is 3.49. The van der Waals surface area contributed by atoms with Gasteiger partial charge in [-0.1, -0.05) is 11.6 Å². The summed E-state index contributed by atoms with van der Waals surface area (Å²) in [6.45, 7) is 0.719. The number of ether oxygens (including phenoxy) is 2. The second kappa shape index (κ2) is 4.91. The maximum absolute atomic E-state index is 12.1. The highest BCUT2D eigenvalue weighted by atomic mass is 35.5. The Balaban J connectivity index is 2.54. The van der Waals surface area contributed by atoms with Crippen molar-refractivity contribution < 1.29 is 19.1 Å². The normalized spacial score (nSPS) is 13.3. The third-order valence-corrected chi connectivity index (χ3v) is 2.90. The molecule has 1 heterocycles. The van der Waals surface area contributed by atoms with Crippen molar-refractivity contribution >= 4 is 23.2 Å². The zero-order valence-corrected chi connectivity index (χ0v) is 10.8. The third-order valence-electron chi connectivity index (χ3n) is 2.59. The van der Waals surface area contributed by atoms with E-state index in [-0.39, 0.29) is 22.2 Å². The van der Waals surface area contributed by atoms with Crippen molar-refractivity contribution in [2.75, 3.05) is 33.1 Å². The van der Waals surface area contributed by atoms with Gasteiger partial charge in [-0.2, -0.15) is 0 Å². The van der Waals surface area contributed by atoms with E-state index in [9.17, 15) is 4.79 Å². The molecule has 2 rings (SSSR count). The number of carbonyl (C=O) groups excluding carboxylic acids is 1. The minimum atomic E-state index is -0.388. The molecule has 1 aromatic rings. The largest absolute Gasteiger partial charge is 0.485 e. The maximum atomic E-state index is 12.1. The molecule has 0 aromatic heterocycles. The highest BCUT2D eigenvalue weighted by molar-refractivity contribution is 6.34. The molecule has 1 amide bonds. The van der Waals surface area contributed by atoms with Gasteiger partial charge in [0, 0.05) is 7.05 Å².